The third kappa shape index (κ3) is 3.02. The molecule has 4 heteroatoms. The maximum atomic E-state index is 11.1. The Kier molecular flexibility index (Phi) is 4.00. The summed E-state index contributed by atoms with van der Waals surface area (Å²) in [4.78, 5) is 15.3. The summed E-state index contributed by atoms with van der Waals surface area (Å²) >= 11 is 0. The molecule has 1 aromatic heterocycles. The zero-order valence-corrected chi connectivity index (χ0v) is 11.1. The van der Waals surface area contributed by atoms with E-state index < -0.39 is 5.97 Å². The van der Waals surface area contributed by atoms with Gasteiger partial charge in [0.1, 0.15) is 0 Å². The molecule has 0 amide bonds. The lowest BCUT2D eigenvalue weighted by atomic mass is 10.1. The molecule has 1 heterocycles. The van der Waals surface area contributed by atoms with Gasteiger partial charge in [-0.1, -0.05) is 32.0 Å². The van der Waals surface area contributed by atoms with Crippen molar-refractivity contribution in [3.8, 4) is 5.88 Å². The van der Waals surface area contributed by atoms with Crippen molar-refractivity contribution < 1.29 is 14.6 Å². The average molecular weight is 259 g/mol. The normalized spacial score (nSPS) is 10.9. The second-order valence-electron chi connectivity index (χ2n) is 4.86. The van der Waals surface area contributed by atoms with Crippen LogP contribution in [0.25, 0.3) is 10.8 Å². The molecular formula is C15H17NO3. The molecule has 2 rings (SSSR count). The van der Waals surface area contributed by atoms with Gasteiger partial charge in [0.25, 0.3) is 0 Å². The number of hydrogen-bond donors (Lipinski definition) is 1. The van der Waals surface area contributed by atoms with E-state index in [1.807, 2.05) is 18.2 Å². The molecule has 0 radical (unpaired) electrons. The maximum absolute atomic E-state index is 11.1. The van der Waals surface area contributed by atoms with Crippen LogP contribution in [-0.4, -0.2) is 22.7 Å². The number of benzene rings is 1. The molecule has 0 spiro atoms. The van der Waals surface area contributed by atoms with Crippen LogP contribution in [-0.2, 0) is 0 Å². The molecule has 1 N–H and O–H groups in total. The van der Waals surface area contributed by atoms with E-state index in [1.165, 1.54) is 6.20 Å². The molecule has 0 aliphatic heterocycles. The molecule has 100 valence electrons. The summed E-state index contributed by atoms with van der Waals surface area (Å²) in [6.07, 6.45) is 2.30. The lowest BCUT2D eigenvalue weighted by Gasteiger charge is -2.10. The van der Waals surface area contributed by atoms with Gasteiger partial charge in [-0.15, -0.1) is 0 Å². The quantitative estimate of drug-likeness (QED) is 0.894. The molecule has 1 aromatic carbocycles. The minimum atomic E-state index is -0.975. The summed E-state index contributed by atoms with van der Waals surface area (Å²) in [6, 6.07) is 7.27. The van der Waals surface area contributed by atoms with E-state index >= 15 is 0 Å². The van der Waals surface area contributed by atoms with Crippen molar-refractivity contribution in [2.75, 3.05) is 6.61 Å². The fourth-order valence-electron chi connectivity index (χ4n) is 1.84. The Morgan fingerprint density at radius 1 is 1.32 bits per heavy atom. The first-order valence-electron chi connectivity index (χ1n) is 6.33. The largest absolute Gasteiger partial charge is 0.478 e. The van der Waals surface area contributed by atoms with Crippen molar-refractivity contribution in [2.24, 2.45) is 5.92 Å². The first-order chi connectivity index (χ1) is 9.09. The third-order valence-electron chi connectivity index (χ3n) is 2.92. The lowest BCUT2D eigenvalue weighted by Crippen LogP contribution is -2.05. The van der Waals surface area contributed by atoms with Crippen LogP contribution in [0.4, 0.5) is 0 Å². The Balaban J connectivity index is 2.36. The summed E-state index contributed by atoms with van der Waals surface area (Å²) in [5.41, 5.74) is 0.201. The number of rotatable bonds is 5. The number of carboxylic acids is 1. The molecule has 0 atom stereocenters. The molecule has 0 aliphatic carbocycles. The highest BCUT2D eigenvalue weighted by molar-refractivity contribution is 6.04. The number of carboxylic acid groups (broad SMARTS) is 1. The van der Waals surface area contributed by atoms with Crippen molar-refractivity contribution >= 4 is 16.7 Å². The minimum Gasteiger partial charge on any atom is -0.478 e. The zero-order valence-electron chi connectivity index (χ0n) is 11.1. The van der Waals surface area contributed by atoms with Crippen molar-refractivity contribution in [2.45, 2.75) is 20.3 Å². The highest BCUT2D eigenvalue weighted by Gasteiger charge is 2.12. The fourth-order valence-corrected chi connectivity index (χ4v) is 1.84. The van der Waals surface area contributed by atoms with Crippen molar-refractivity contribution in [3.63, 3.8) is 0 Å². The van der Waals surface area contributed by atoms with Crippen LogP contribution >= 0.6 is 0 Å². The smallest absolute Gasteiger partial charge is 0.337 e. The van der Waals surface area contributed by atoms with Crippen LogP contribution in [0.2, 0.25) is 0 Å². The van der Waals surface area contributed by atoms with E-state index in [2.05, 4.69) is 18.8 Å². The Morgan fingerprint density at radius 2 is 2.00 bits per heavy atom. The van der Waals surface area contributed by atoms with Gasteiger partial charge in [0.15, 0.2) is 0 Å². The second-order valence-corrected chi connectivity index (χ2v) is 4.86. The summed E-state index contributed by atoms with van der Waals surface area (Å²) in [5, 5.41) is 10.5. The van der Waals surface area contributed by atoms with E-state index in [0.29, 0.717) is 23.8 Å². The number of aromatic carboxylic acids is 1. The summed E-state index contributed by atoms with van der Waals surface area (Å²) in [7, 11) is 0. The average Bonchev–Trinajstić information content (AvgIpc) is 2.38. The predicted molar refractivity (Wildman–Crippen MR) is 73.7 cm³/mol. The molecule has 4 nitrogen and oxygen atoms in total. The summed E-state index contributed by atoms with van der Waals surface area (Å²) < 4.78 is 5.66. The van der Waals surface area contributed by atoms with Gasteiger partial charge < -0.3 is 9.84 Å². The standard InChI is InChI=1S/C15H17NO3/c1-10(2)7-8-19-14-12-6-4-3-5-11(12)13(9-16-14)15(17)18/h3-6,9-10H,7-8H2,1-2H3,(H,17,18). The van der Waals surface area contributed by atoms with Gasteiger partial charge in [-0.05, 0) is 18.4 Å². The van der Waals surface area contributed by atoms with Crippen LogP contribution < -0.4 is 4.74 Å². The Hall–Kier alpha value is -2.10. The van der Waals surface area contributed by atoms with Crippen LogP contribution in [0.1, 0.15) is 30.6 Å². The number of nitrogens with zero attached hydrogens (tertiary/aromatic N) is 1. The number of hydrogen-bond acceptors (Lipinski definition) is 3. The molecule has 2 aromatic rings. The summed E-state index contributed by atoms with van der Waals surface area (Å²) in [5.74, 6) is 0.0863. The molecule has 19 heavy (non-hydrogen) atoms. The van der Waals surface area contributed by atoms with Crippen LogP contribution in [0.15, 0.2) is 30.5 Å². The van der Waals surface area contributed by atoms with Crippen molar-refractivity contribution in [1.82, 2.24) is 4.98 Å². The van der Waals surface area contributed by atoms with Gasteiger partial charge in [0.2, 0.25) is 5.88 Å². The van der Waals surface area contributed by atoms with Gasteiger partial charge in [-0.25, -0.2) is 9.78 Å². The molecule has 0 saturated carbocycles. The predicted octanol–water partition coefficient (Wildman–Crippen LogP) is 3.36. The molecule has 0 fully saturated rings. The maximum Gasteiger partial charge on any atom is 0.337 e. The second kappa shape index (κ2) is 5.69. The first-order valence-corrected chi connectivity index (χ1v) is 6.33. The monoisotopic (exact) mass is 259 g/mol. The Bertz CT molecular complexity index is 593. The highest BCUT2D eigenvalue weighted by atomic mass is 16.5. The fraction of sp³-hybridized carbons (Fsp3) is 0.333. The third-order valence-corrected chi connectivity index (χ3v) is 2.92. The van der Waals surface area contributed by atoms with Gasteiger partial charge in [0.05, 0.1) is 12.2 Å². The van der Waals surface area contributed by atoms with Crippen LogP contribution in [0.5, 0.6) is 5.88 Å². The first kappa shape index (κ1) is 13.3. The molecule has 0 unspecified atom stereocenters. The van der Waals surface area contributed by atoms with E-state index in [0.717, 1.165) is 11.8 Å². The Labute approximate surface area is 112 Å². The number of ether oxygens (including phenoxy) is 1. The number of aromatic nitrogens is 1. The van der Waals surface area contributed by atoms with Crippen LogP contribution in [0, 0.1) is 5.92 Å². The molecule has 0 aliphatic rings. The highest BCUT2D eigenvalue weighted by Crippen LogP contribution is 2.26. The Morgan fingerprint density at radius 3 is 2.63 bits per heavy atom. The molecular weight excluding hydrogens is 242 g/mol. The molecule has 0 saturated heterocycles. The topological polar surface area (TPSA) is 59.4 Å². The van der Waals surface area contributed by atoms with Crippen molar-refractivity contribution in [1.29, 1.82) is 0 Å². The van der Waals surface area contributed by atoms with Crippen LogP contribution in [0.3, 0.4) is 0 Å². The number of carbonyl (C=O) groups is 1. The van der Waals surface area contributed by atoms with E-state index in [1.54, 1.807) is 6.07 Å². The van der Waals surface area contributed by atoms with Gasteiger partial charge in [0, 0.05) is 17.0 Å². The summed E-state index contributed by atoms with van der Waals surface area (Å²) in [6.45, 7) is 4.84. The van der Waals surface area contributed by atoms with E-state index in [9.17, 15) is 4.79 Å². The minimum absolute atomic E-state index is 0.201. The van der Waals surface area contributed by atoms with E-state index in [-0.39, 0.29) is 5.56 Å². The number of pyridine rings is 1. The zero-order chi connectivity index (χ0) is 13.8. The van der Waals surface area contributed by atoms with Crippen molar-refractivity contribution in [3.05, 3.63) is 36.0 Å². The number of fused-ring (bicyclic) bond motifs is 1. The van der Waals surface area contributed by atoms with Gasteiger partial charge in [-0.3, -0.25) is 0 Å². The molecule has 0 bridgehead atoms. The van der Waals surface area contributed by atoms with E-state index in [4.69, 9.17) is 9.84 Å². The van der Waals surface area contributed by atoms with Gasteiger partial charge in [-0.2, -0.15) is 0 Å². The van der Waals surface area contributed by atoms with Gasteiger partial charge >= 0.3 is 5.97 Å². The SMILES string of the molecule is CC(C)CCOc1ncc(C(=O)O)c2ccccc12. The lowest BCUT2D eigenvalue weighted by molar-refractivity contribution is 0.0698.